The molecule has 17 heavy (non-hydrogen) atoms. The Bertz CT molecular complexity index is 518. The van der Waals surface area contributed by atoms with Gasteiger partial charge in [-0.1, -0.05) is 23.7 Å². The summed E-state index contributed by atoms with van der Waals surface area (Å²) in [5, 5.41) is 10.5. The molecular formula is C11H9ClN4O. The standard InChI is InChI=1S/C11H9ClN4O/c12-9-3-1-2-8(6-9)7-14-11(17)10-13-4-5-15-16-10/h1-6H,7H2,(H,14,17). The van der Waals surface area contributed by atoms with Gasteiger partial charge in [0.25, 0.3) is 5.91 Å². The van der Waals surface area contributed by atoms with Gasteiger partial charge in [-0.25, -0.2) is 4.98 Å². The van der Waals surface area contributed by atoms with Crippen molar-refractivity contribution >= 4 is 17.5 Å². The molecule has 2 aromatic rings. The highest BCUT2D eigenvalue weighted by atomic mass is 35.5. The normalized spacial score (nSPS) is 9.94. The Kier molecular flexibility index (Phi) is 3.62. The lowest BCUT2D eigenvalue weighted by molar-refractivity contribution is 0.0939. The van der Waals surface area contributed by atoms with E-state index < -0.39 is 0 Å². The van der Waals surface area contributed by atoms with Gasteiger partial charge in [0.05, 0.1) is 6.20 Å². The van der Waals surface area contributed by atoms with E-state index in [1.807, 2.05) is 12.1 Å². The average Bonchev–Trinajstić information content (AvgIpc) is 2.37. The molecule has 1 N–H and O–H groups in total. The molecule has 5 nitrogen and oxygen atoms in total. The minimum absolute atomic E-state index is 0.0505. The number of halogens is 1. The van der Waals surface area contributed by atoms with E-state index in [2.05, 4.69) is 20.5 Å². The molecule has 0 aliphatic carbocycles. The van der Waals surface area contributed by atoms with Gasteiger partial charge in [-0.15, -0.1) is 5.10 Å². The first-order chi connectivity index (χ1) is 8.25. The summed E-state index contributed by atoms with van der Waals surface area (Å²) < 4.78 is 0. The zero-order chi connectivity index (χ0) is 12.1. The maximum atomic E-state index is 11.6. The van der Waals surface area contributed by atoms with E-state index in [4.69, 9.17) is 11.6 Å². The van der Waals surface area contributed by atoms with Crippen LogP contribution in [0.5, 0.6) is 0 Å². The first kappa shape index (κ1) is 11.5. The molecular weight excluding hydrogens is 240 g/mol. The summed E-state index contributed by atoms with van der Waals surface area (Å²) >= 11 is 5.83. The average molecular weight is 249 g/mol. The van der Waals surface area contributed by atoms with E-state index in [9.17, 15) is 4.79 Å². The summed E-state index contributed by atoms with van der Waals surface area (Å²) in [6, 6.07) is 7.25. The van der Waals surface area contributed by atoms with Crippen molar-refractivity contribution in [2.45, 2.75) is 6.54 Å². The van der Waals surface area contributed by atoms with Crippen LogP contribution in [-0.2, 0) is 6.54 Å². The molecule has 6 heteroatoms. The molecule has 1 heterocycles. The summed E-state index contributed by atoms with van der Waals surface area (Å²) in [6.45, 7) is 0.373. The number of hydrogen-bond acceptors (Lipinski definition) is 4. The maximum Gasteiger partial charge on any atom is 0.291 e. The minimum Gasteiger partial charge on any atom is -0.345 e. The third-order valence-corrected chi connectivity index (χ3v) is 2.26. The van der Waals surface area contributed by atoms with Crippen LogP contribution < -0.4 is 5.32 Å². The molecule has 0 aliphatic rings. The molecule has 0 bridgehead atoms. The van der Waals surface area contributed by atoms with Gasteiger partial charge in [0.15, 0.2) is 0 Å². The third-order valence-electron chi connectivity index (χ3n) is 2.03. The Hall–Kier alpha value is -2.01. The zero-order valence-corrected chi connectivity index (χ0v) is 9.55. The lowest BCUT2D eigenvalue weighted by Gasteiger charge is -2.03. The lowest BCUT2D eigenvalue weighted by atomic mass is 10.2. The summed E-state index contributed by atoms with van der Waals surface area (Å²) in [6.07, 6.45) is 2.83. The highest BCUT2D eigenvalue weighted by Crippen LogP contribution is 2.10. The first-order valence-corrected chi connectivity index (χ1v) is 5.30. The topological polar surface area (TPSA) is 67.8 Å². The van der Waals surface area contributed by atoms with E-state index in [-0.39, 0.29) is 11.7 Å². The molecule has 2 rings (SSSR count). The van der Waals surface area contributed by atoms with Gasteiger partial charge in [-0.05, 0) is 17.7 Å². The number of rotatable bonds is 3. The Morgan fingerprint density at radius 1 is 1.35 bits per heavy atom. The Labute approximate surface area is 103 Å². The molecule has 0 radical (unpaired) electrons. The molecule has 86 valence electrons. The summed E-state index contributed by atoms with van der Waals surface area (Å²) in [5.74, 6) is -0.312. The lowest BCUT2D eigenvalue weighted by Crippen LogP contribution is -2.25. The van der Waals surface area contributed by atoms with E-state index in [1.54, 1.807) is 12.1 Å². The highest BCUT2D eigenvalue weighted by Gasteiger charge is 2.07. The van der Waals surface area contributed by atoms with Crippen molar-refractivity contribution in [3.8, 4) is 0 Å². The quantitative estimate of drug-likeness (QED) is 0.893. The molecule has 0 saturated carbocycles. The van der Waals surface area contributed by atoms with Crippen molar-refractivity contribution in [1.29, 1.82) is 0 Å². The van der Waals surface area contributed by atoms with Gasteiger partial charge in [0.2, 0.25) is 5.82 Å². The molecule has 0 fully saturated rings. The number of carbonyl (C=O) groups excluding carboxylic acids is 1. The van der Waals surface area contributed by atoms with Gasteiger partial charge in [0.1, 0.15) is 0 Å². The largest absolute Gasteiger partial charge is 0.345 e. The Balaban J connectivity index is 1.97. The second-order valence-electron chi connectivity index (χ2n) is 3.28. The molecule has 1 aromatic heterocycles. The molecule has 0 spiro atoms. The van der Waals surface area contributed by atoms with Crippen molar-refractivity contribution in [2.24, 2.45) is 0 Å². The summed E-state index contributed by atoms with van der Waals surface area (Å²) in [7, 11) is 0. The van der Waals surface area contributed by atoms with E-state index in [0.29, 0.717) is 11.6 Å². The van der Waals surface area contributed by atoms with Gasteiger partial charge < -0.3 is 5.32 Å². The van der Waals surface area contributed by atoms with Crippen molar-refractivity contribution in [3.63, 3.8) is 0 Å². The molecule has 1 amide bonds. The fourth-order valence-corrected chi connectivity index (χ4v) is 1.47. The van der Waals surface area contributed by atoms with Gasteiger partial charge >= 0.3 is 0 Å². The predicted molar refractivity (Wildman–Crippen MR) is 62.4 cm³/mol. The van der Waals surface area contributed by atoms with Crippen LogP contribution in [0.3, 0.4) is 0 Å². The second kappa shape index (κ2) is 5.36. The number of hydrogen-bond donors (Lipinski definition) is 1. The van der Waals surface area contributed by atoms with E-state index in [0.717, 1.165) is 5.56 Å². The van der Waals surface area contributed by atoms with Crippen molar-refractivity contribution in [3.05, 3.63) is 53.1 Å². The van der Waals surface area contributed by atoms with Crippen LogP contribution in [0.1, 0.15) is 16.2 Å². The van der Waals surface area contributed by atoms with Crippen LogP contribution >= 0.6 is 11.6 Å². The van der Waals surface area contributed by atoms with Crippen molar-refractivity contribution < 1.29 is 4.79 Å². The fourth-order valence-electron chi connectivity index (χ4n) is 1.26. The predicted octanol–water partition coefficient (Wildman–Crippen LogP) is 1.45. The molecule has 0 saturated heterocycles. The van der Waals surface area contributed by atoms with Crippen molar-refractivity contribution in [1.82, 2.24) is 20.5 Å². The third kappa shape index (κ3) is 3.22. The number of nitrogens with zero attached hydrogens (tertiary/aromatic N) is 3. The monoisotopic (exact) mass is 248 g/mol. The minimum atomic E-state index is -0.363. The Morgan fingerprint density at radius 2 is 2.24 bits per heavy atom. The van der Waals surface area contributed by atoms with Crippen LogP contribution in [0.15, 0.2) is 36.7 Å². The van der Waals surface area contributed by atoms with Crippen LogP contribution in [0, 0.1) is 0 Å². The van der Waals surface area contributed by atoms with Crippen LogP contribution in [0.4, 0.5) is 0 Å². The fraction of sp³-hybridized carbons (Fsp3) is 0.0909. The maximum absolute atomic E-state index is 11.6. The number of aromatic nitrogens is 3. The van der Waals surface area contributed by atoms with Gasteiger partial charge in [-0.2, -0.15) is 5.10 Å². The van der Waals surface area contributed by atoms with Gasteiger partial charge in [-0.3, -0.25) is 4.79 Å². The zero-order valence-electron chi connectivity index (χ0n) is 8.80. The molecule has 0 atom stereocenters. The summed E-state index contributed by atoms with van der Waals surface area (Å²) in [4.78, 5) is 15.4. The first-order valence-electron chi connectivity index (χ1n) is 4.92. The second-order valence-corrected chi connectivity index (χ2v) is 3.72. The van der Waals surface area contributed by atoms with E-state index >= 15 is 0 Å². The number of carbonyl (C=O) groups is 1. The summed E-state index contributed by atoms with van der Waals surface area (Å²) in [5.41, 5.74) is 0.912. The van der Waals surface area contributed by atoms with E-state index in [1.165, 1.54) is 12.4 Å². The Morgan fingerprint density at radius 3 is 2.94 bits per heavy atom. The van der Waals surface area contributed by atoms with Crippen LogP contribution in [0.2, 0.25) is 5.02 Å². The highest BCUT2D eigenvalue weighted by molar-refractivity contribution is 6.30. The smallest absolute Gasteiger partial charge is 0.291 e. The number of nitrogens with one attached hydrogen (secondary N) is 1. The molecule has 1 aromatic carbocycles. The number of benzene rings is 1. The molecule has 0 aliphatic heterocycles. The van der Waals surface area contributed by atoms with Crippen LogP contribution in [0.25, 0.3) is 0 Å². The van der Waals surface area contributed by atoms with Gasteiger partial charge in [0, 0.05) is 17.8 Å². The van der Waals surface area contributed by atoms with Crippen molar-refractivity contribution in [2.75, 3.05) is 0 Å². The number of amides is 1. The molecule has 0 unspecified atom stereocenters. The van der Waals surface area contributed by atoms with Crippen LogP contribution in [-0.4, -0.2) is 21.1 Å². The SMILES string of the molecule is O=C(NCc1cccc(Cl)c1)c1nccnn1.